The van der Waals surface area contributed by atoms with Crippen LogP contribution < -0.4 is 15.0 Å². The maximum absolute atomic E-state index is 12.4. The number of ether oxygens (including phenoxy) is 1. The smallest absolute Gasteiger partial charge is 0.279 e. The molecule has 0 unspecified atom stereocenters. The number of rotatable bonds is 7. The Kier molecular flexibility index (Phi) is 6.60. The van der Waals surface area contributed by atoms with Gasteiger partial charge < -0.3 is 15.0 Å². The van der Waals surface area contributed by atoms with Gasteiger partial charge in [0.2, 0.25) is 0 Å². The van der Waals surface area contributed by atoms with Gasteiger partial charge in [-0.3, -0.25) is 14.9 Å². The van der Waals surface area contributed by atoms with Crippen molar-refractivity contribution in [2.45, 2.75) is 19.3 Å². The SMILES string of the molecule is COc1cc([N+](=O)[O-])ccc1NC(=O)C[NH+]1CCC(Cc2ccccc2)CC1. The third-order valence-electron chi connectivity index (χ3n) is 5.26. The number of methoxy groups -OCH3 is 1. The molecule has 1 aliphatic rings. The van der Waals surface area contributed by atoms with Gasteiger partial charge >= 0.3 is 0 Å². The van der Waals surface area contributed by atoms with E-state index in [4.69, 9.17) is 4.74 Å². The number of nitro benzene ring substituents is 1. The monoisotopic (exact) mass is 384 g/mol. The standard InChI is InChI=1S/C21H25N3O4/c1-28-20-14-18(24(26)27)7-8-19(20)22-21(25)15-23-11-9-17(10-12-23)13-16-5-3-2-4-6-16/h2-8,14,17H,9-13,15H2,1H3,(H,22,25)/p+1. The van der Waals surface area contributed by atoms with Crippen LogP contribution in [0.1, 0.15) is 18.4 Å². The number of nitrogens with one attached hydrogen (secondary N) is 2. The molecule has 1 fully saturated rings. The molecule has 0 atom stereocenters. The molecular formula is C21H26N3O4+. The summed E-state index contributed by atoms with van der Waals surface area (Å²) in [6, 6.07) is 14.7. The highest BCUT2D eigenvalue weighted by Gasteiger charge is 2.24. The van der Waals surface area contributed by atoms with E-state index in [-0.39, 0.29) is 11.6 Å². The van der Waals surface area contributed by atoms with Crippen LogP contribution in [0.25, 0.3) is 0 Å². The van der Waals surface area contributed by atoms with Crippen molar-refractivity contribution < 1.29 is 19.4 Å². The van der Waals surface area contributed by atoms with E-state index in [9.17, 15) is 14.9 Å². The van der Waals surface area contributed by atoms with Crippen molar-refractivity contribution in [1.82, 2.24) is 0 Å². The molecule has 0 saturated carbocycles. The molecule has 2 N–H and O–H groups in total. The predicted octanol–water partition coefficient (Wildman–Crippen LogP) is 2.08. The van der Waals surface area contributed by atoms with Gasteiger partial charge in [-0.25, -0.2) is 0 Å². The average Bonchev–Trinajstić information content (AvgIpc) is 2.70. The highest BCUT2D eigenvalue weighted by molar-refractivity contribution is 5.93. The minimum Gasteiger partial charge on any atom is -0.494 e. The molecule has 1 saturated heterocycles. The Labute approximate surface area is 164 Å². The summed E-state index contributed by atoms with van der Waals surface area (Å²) >= 11 is 0. The first-order valence-electron chi connectivity index (χ1n) is 9.55. The maximum Gasteiger partial charge on any atom is 0.279 e. The molecule has 0 radical (unpaired) electrons. The van der Waals surface area contributed by atoms with E-state index in [0.717, 1.165) is 32.4 Å². The molecule has 28 heavy (non-hydrogen) atoms. The lowest BCUT2D eigenvalue weighted by atomic mass is 9.90. The van der Waals surface area contributed by atoms with Crippen LogP contribution in [-0.2, 0) is 11.2 Å². The molecule has 148 valence electrons. The van der Waals surface area contributed by atoms with E-state index in [1.54, 1.807) is 0 Å². The number of likely N-dealkylation sites (tertiary alicyclic amines) is 1. The quantitative estimate of drug-likeness (QED) is 0.565. The zero-order valence-electron chi connectivity index (χ0n) is 16.0. The number of amides is 1. The molecule has 2 aromatic carbocycles. The number of hydrogen-bond acceptors (Lipinski definition) is 4. The number of carbonyl (C=O) groups is 1. The molecule has 2 aromatic rings. The fraction of sp³-hybridized carbons (Fsp3) is 0.381. The number of non-ortho nitro benzene ring substituents is 1. The fourth-order valence-electron chi connectivity index (χ4n) is 3.73. The Morgan fingerprint density at radius 2 is 1.93 bits per heavy atom. The second-order valence-electron chi connectivity index (χ2n) is 7.25. The van der Waals surface area contributed by atoms with E-state index in [1.807, 2.05) is 6.07 Å². The molecule has 3 rings (SSSR count). The summed E-state index contributed by atoms with van der Waals surface area (Å²) in [5.74, 6) is 0.853. The lowest BCUT2D eigenvalue weighted by Crippen LogP contribution is -3.14. The molecule has 1 amide bonds. The van der Waals surface area contributed by atoms with Crippen LogP contribution in [0.2, 0.25) is 0 Å². The Balaban J connectivity index is 1.49. The average molecular weight is 384 g/mol. The van der Waals surface area contributed by atoms with Crippen molar-refractivity contribution in [3.8, 4) is 5.75 Å². The highest BCUT2D eigenvalue weighted by atomic mass is 16.6. The Bertz CT molecular complexity index is 818. The number of benzene rings is 2. The zero-order valence-corrected chi connectivity index (χ0v) is 16.0. The second kappa shape index (κ2) is 9.32. The zero-order chi connectivity index (χ0) is 19.9. The third-order valence-corrected chi connectivity index (χ3v) is 5.26. The lowest BCUT2D eigenvalue weighted by Gasteiger charge is -2.29. The first-order chi connectivity index (χ1) is 13.5. The number of nitro groups is 1. The summed E-state index contributed by atoms with van der Waals surface area (Å²) in [5.41, 5.74) is 1.76. The van der Waals surface area contributed by atoms with Crippen molar-refractivity contribution in [2.75, 3.05) is 32.1 Å². The van der Waals surface area contributed by atoms with E-state index >= 15 is 0 Å². The molecule has 1 heterocycles. The van der Waals surface area contributed by atoms with E-state index in [1.165, 1.54) is 35.8 Å². The van der Waals surface area contributed by atoms with Crippen molar-refractivity contribution in [3.63, 3.8) is 0 Å². The summed E-state index contributed by atoms with van der Waals surface area (Å²) in [6.45, 7) is 2.34. The van der Waals surface area contributed by atoms with Gasteiger partial charge in [0.25, 0.3) is 11.6 Å². The van der Waals surface area contributed by atoms with Gasteiger partial charge in [0.15, 0.2) is 6.54 Å². The minimum absolute atomic E-state index is 0.0686. The van der Waals surface area contributed by atoms with Crippen LogP contribution in [0.5, 0.6) is 5.75 Å². The maximum atomic E-state index is 12.4. The Morgan fingerprint density at radius 3 is 2.57 bits per heavy atom. The Hall–Kier alpha value is -2.93. The summed E-state index contributed by atoms with van der Waals surface area (Å²) in [5, 5.41) is 13.7. The number of carbonyl (C=O) groups excluding carboxylic acids is 1. The number of piperidine rings is 1. The summed E-state index contributed by atoms with van der Waals surface area (Å²) in [4.78, 5) is 24.1. The number of quaternary nitrogens is 1. The topological polar surface area (TPSA) is 85.9 Å². The summed E-state index contributed by atoms with van der Waals surface area (Å²) in [7, 11) is 1.43. The van der Waals surface area contributed by atoms with Crippen molar-refractivity contribution in [2.24, 2.45) is 5.92 Å². The van der Waals surface area contributed by atoms with Gasteiger partial charge in [-0.15, -0.1) is 0 Å². The van der Waals surface area contributed by atoms with E-state index in [2.05, 4.69) is 29.6 Å². The highest BCUT2D eigenvalue weighted by Crippen LogP contribution is 2.28. The normalized spacial score (nSPS) is 19.0. The molecular weight excluding hydrogens is 358 g/mol. The first-order valence-corrected chi connectivity index (χ1v) is 9.55. The summed E-state index contributed by atoms with van der Waals surface area (Å²) in [6.07, 6.45) is 3.32. The van der Waals surface area contributed by atoms with Gasteiger partial charge in [0.1, 0.15) is 5.75 Å². The first kappa shape index (κ1) is 19.8. The second-order valence-corrected chi connectivity index (χ2v) is 7.25. The van der Waals surface area contributed by atoms with E-state index in [0.29, 0.717) is 23.9 Å². The molecule has 0 spiro atoms. The van der Waals surface area contributed by atoms with Crippen LogP contribution in [-0.4, -0.2) is 37.6 Å². The molecule has 0 bridgehead atoms. The summed E-state index contributed by atoms with van der Waals surface area (Å²) < 4.78 is 5.17. The van der Waals surface area contributed by atoms with Gasteiger partial charge in [-0.1, -0.05) is 30.3 Å². The Morgan fingerprint density at radius 1 is 1.21 bits per heavy atom. The molecule has 1 aliphatic heterocycles. The van der Waals surface area contributed by atoms with Gasteiger partial charge in [0.05, 0.1) is 36.9 Å². The molecule has 0 aromatic heterocycles. The van der Waals surface area contributed by atoms with Crippen molar-refractivity contribution in [1.29, 1.82) is 0 Å². The molecule has 0 aliphatic carbocycles. The van der Waals surface area contributed by atoms with Crippen LogP contribution in [0.15, 0.2) is 48.5 Å². The van der Waals surface area contributed by atoms with Crippen LogP contribution >= 0.6 is 0 Å². The predicted molar refractivity (Wildman–Crippen MR) is 107 cm³/mol. The van der Waals surface area contributed by atoms with Crippen LogP contribution in [0.4, 0.5) is 11.4 Å². The van der Waals surface area contributed by atoms with Gasteiger partial charge in [-0.05, 0) is 36.8 Å². The van der Waals surface area contributed by atoms with Crippen LogP contribution in [0, 0.1) is 16.0 Å². The third kappa shape index (κ3) is 5.29. The number of nitrogens with zero attached hydrogens (tertiary/aromatic N) is 1. The molecule has 7 heteroatoms. The number of anilines is 1. The van der Waals surface area contributed by atoms with Crippen molar-refractivity contribution >= 4 is 17.3 Å². The van der Waals surface area contributed by atoms with E-state index < -0.39 is 4.92 Å². The number of hydrogen-bond donors (Lipinski definition) is 2. The van der Waals surface area contributed by atoms with Gasteiger partial charge in [0, 0.05) is 6.07 Å². The fourth-order valence-corrected chi connectivity index (χ4v) is 3.73. The van der Waals surface area contributed by atoms with Crippen molar-refractivity contribution in [3.05, 3.63) is 64.2 Å². The largest absolute Gasteiger partial charge is 0.494 e. The lowest BCUT2D eigenvalue weighted by molar-refractivity contribution is -0.898. The van der Waals surface area contributed by atoms with Crippen LogP contribution in [0.3, 0.4) is 0 Å². The van der Waals surface area contributed by atoms with Gasteiger partial charge in [-0.2, -0.15) is 0 Å². The minimum atomic E-state index is -0.488. The molecule has 7 nitrogen and oxygen atoms in total.